The second-order valence-corrected chi connectivity index (χ2v) is 7.46. The average molecular weight is 365 g/mol. The lowest BCUT2D eigenvalue weighted by Crippen LogP contribution is -2.41. The number of hydrogen-bond acceptors (Lipinski definition) is 3. The van der Waals surface area contributed by atoms with Crippen molar-refractivity contribution in [1.82, 2.24) is 14.7 Å². The Morgan fingerprint density at radius 2 is 2.00 bits per heavy atom. The van der Waals surface area contributed by atoms with Gasteiger partial charge in [0, 0.05) is 18.0 Å². The first-order valence-corrected chi connectivity index (χ1v) is 9.98. The summed E-state index contributed by atoms with van der Waals surface area (Å²) in [5.74, 6) is 0.902. The number of furan rings is 1. The first-order chi connectivity index (χ1) is 13.2. The molecule has 0 spiro atoms. The molecule has 0 radical (unpaired) electrons. The molecule has 3 aromatic rings. The Morgan fingerprint density at radius 1 is 1.22 bits per heavy atom. The smallest absolute Gasteiger partial charge is 0.272 e. The lowest BCUT2D eigenvalue weighted by molar-refractivity contribution is 0.0585. The van der Waals surface area contributed by atoms with Gasteiger partial charge in [0.1, 0.15) is 17.0 Å². The van der Waals surface area contributed by atoms with Crippen molar-refractivity contribution in [3.8, 4) is 0 Å². The molecule has 5 heteroatoms. The molecular weight excluding hydrogens is 338 g/mol. The molecule has 142 valence electrons. The van der Waals surface area contributed by atoms with Crippen LogP contribution in [0.1, 0.15) is 61.0 Å². The van der Waals surface area contributed by atoms with E-state index < -0.39 is 0 Å². The van der Waals surface area contributed by atoms with E-state index >= 15 is 0 Å². The van der Waals surface area contributed by atoms with Gasteiger partial charge in [-0.15, -0.1) is 0 Å². The Balaban J connectivity index is 1.66. The molecule has 0 saturated heterocycles. The normalized spacial score (nSPS) is 15.3. The second-order valence-electron chi connectivity index (χ2n) is 7.46. The maximum atomic E-state index is 13.5. The molecule has 0 aliphatic heterocycles. The SMILES string of the molecule is CCn1nc(C)cc1C(=O)N(Cc1cc2ccccc2o1)C1CCCCC1. The number of carbonyl (C=O) groups excluding carboxylic acids is 1. The van der Waals surface area contributed by atoms with Crippen LogP contribution in [0.25, 0.3) is 11.0 Å². The van der Waals surface area contributed by atoms with E-state index in [0.29, 0.717) is 18.8 Å². The molecule has 1 aromatic carbocycles. The minimum absolute atomic E-state index is 0.0600. The quantitative estimate of drug-likeness (QED) is 0.644. The molecule has 1 amide bonds. The standard InChI is InChI=1S/C22H27N3O2/c1-3-25-20(13-16(2)23-25)22(26)24(18-10-5-4-6-11-18)15-19-14-17-9-7-8-12-21(17)27-19/h7-9,12-14,18H,3-6,10-11,15H2,1-2H3. The third-order valence-electron chi connectivity index (χ3n) is 5.50. The number of rotatable bonds is 5. The zero-order valence-electron chi connectivity index (χ0n) is 16.1. The number of aryl methyl sites for hydroxylation is 2. The van der Waals surface area contributed by atoms with Crippen molar-refractivity contribution in [3.63, 3.8) is 0 Å². The first-order valence-electron chi connectivity index (χ1n) is 9.98. The Morgan fingerprint density at radius 3 is 2.74 bits per heavy atom. The molecule has 0 atom stereocenters. The van der Waals surface area contributed by atoms with E-state index in [-0.39, 0.29) is 11.9 Å². The summed E-state index contributed by atoms with van der Waals surface area (Å²) in [6.45, 7) is 5.16. The predicted octanol–water partition coefficient (Wildman–Crippen LogP) is 4.93. The van der Waals surface area contributed by atoms with Crippen molar-refractivity contribution >= 4 is 16.9 Å². The van der Waals surface area contributed by atoms with Gasteiger partial charge >= 0.3 is 0 Å². The van der Waals surface area contributed by atoms with Crippen LogP contribution in [-0.2, 0) is 13.1 Å². The molecule has 0 bridgehead atoms. The van der Waals surface area contributed by atoms with Gasteiger partial charge in [0.2, 0.25) is 0 Å². The van der Waals surface area contributed by atoms with E-state index in [2.05, 4.69) is 11.2 Å². The van der Waals surface area contributed by atoms with Crippen LogP contribution in [0, 0.1) is 6.92 Å². The molecule has 27 heavy (non-hydrogen) atoms. The number of carbonyl (C=O) groups is 1. The summed E-state index contributed by atoms with van der Waals surface area (Å²) in [6, 6.07) is 12.2. The molecule has 0 N–H and O–H groups in total. The zero-order chi connectivity index (χ0) is 18.8. The van der Waals surface area contributed by atoms with Gasteiger partial charge in [-0.1, -0.05) is 37.5 Å². The lowest BCUT2D eigenvalue weighted by atomic mass is 9.94. The summed E-state index contributed by atoms with van der Waals surface area (Å²) >= 11 is 0. The minimum atomic E-state index is 0.0600. The van der Waals surface area contributed by atoms with Crippen LogP contribution in [0.15, 0.2) is 40.8 Å². The number of hydrogen-bond donors (Lipinski definition) is 0. The zero-order valence-corrected chi connectivity index (χ0v) is 16.1. The van der Waals surface area contributed by atoms with Crippen LogP contribution in [-0.4, -0.2) is 26.6 Å². The summed E-state index contributed by atoms with van der Waals surface area (Å²) in [4.78, 5) is 15.5. The van der Waals surface area contributed by atoms with Crippen LogP contribution in [0.2, 0.25) is 0 Å². The predicted molar refractivity (Wildman–Crippen MR) is 106 cm³/mol. The van der Waals surface area contributed by atoms with Gasteiger partial charge in [-0.25, -0.2) is 0 Å². The van der Waals surface area contributed by atoms with E-state index in [4.69, 9.17) is 4.42 Å². The Kier molecular flexibility index (Phi) is 5.01. The molecule has 1 fully saturated rings. The van der Waals surface area contributed by atoms with Crippen molar-refractivity contribution in [2.45, 2.75) is 65.1 Å². The van der Waals surface area contributed by atoms with Crippen LogP contribution in [0.5, 0.6) is 0 Å². The van der Waals surface area contributed by atoms with E-state index in [9.17, 15) is 4.79 Å². The van der Waals surface area contributed by atoms with Crippen molar-refractivity contribution in [2.75, 3.05) is 0 Å². The van der Waals surface area contributed by atoms with Crippen molar-refractivity contribution in [2.24, 2.45) is 0 Å². The Labute approximate surface area is 160 Å². The topological polar surface area (TPSA) is 51.3 Å². The highest BCUT2D eigenvalue weighted by molar-refractivity contribution is 5.93. The van der Waals surface area contributed by atoms with E-state index in [1.54, 1.807) is 0 Å². The van der Waals surface area contributed by atoms with Crippen LogP contribution in [0.3, 0.4) is 0 Å². The fourth-order valence-corrected chi connectivity index (χ4v) is 4.15. The van der Waals surface area contributed by atoms with Gasteiger partial charge in [0.25, 0.3) is 5.91 Å². The summed E-state index contributed by atoms with van der Waals surface area (Å²) in [6.07, 6.45) is 5.74. The molecule has 1 saturated carbocycles. The van der Waals surface area contributed by atoms with Gasteiger partial charge in [-0.2, -0.15) is 5.10 Å². The van der Waals surface area contributed by atoms with Crippen LogP contribution in [0.4, 0.5) is 0 Å². The van der Waals surface area contributed by atoms with E-state index in [1.165, 1.54) is 19.3 Å². The summed E-state index contributed by atoms with van der Waals surface area (Å²) < 4.78 is 7.83. The van der Waals surface area contributed by atoms with E-state index in [1.807, 2.05) is 53.8 Å². The number of benzene rings is 1. The van der Waals surface area contributed by atoms with Crippen molar-refractivity contribution in [3.05, 3.63) is 53.5 Å². The summed E-state index contributed by atoms with van der Waals surface area (Å²) in [7, 11) is 0. The number of aromatic nitrogens is 2. The second kappa shape index (κ2) is 7.59. The highest BCUT2D eigenvalue weighted by Gasteiger charge is 2.29. The first kappa shape index (κ1) is 17.8. The van der Waals surface area contributed by atoms with Gasteiger partial charge in [0.15, 0.2) is 0 Å². The maximum Gasteiger partial charge on any atom is 0.272 e. The van der Waals surface area contributed by atoms with Gasteiger partial charge in [-0.3, -0.25) is 9.48 Å². The number of amides is 1. The number of nitrogens with zero attached hydrogens (tertiary/aromatic N) is 3. The molecule has 2 heterocycles. The number of fused-ring (bicyclic) bond motifs is 1. The third-order valence-corrected chi connectivity index (χ3v) is 5.50. The maximum absolute atomic E-state index is 13.5. The largest absolute Gasteiger partial charge is 0.459 e. The van der Waals surface area contributed by atoms with Gasteiger partial charge in [0.05, 0.1) is 12.2 Å². The van der Waals surface area contributed by atoms with E-state index in [0.717, 1.165) is 35.3 Å². The highest BCUT2D eigenvalue weighted by Crippen LogP contribution is 2.28. The fraction of sp³-hybridized carbons (Fsp3) is 0.455. The number of para-hydroxylation sites is 1. The Bertz CT molecular complexity index is 901. The molecule has 5 nitrogen and oxygen atoms in total. The summed E-state index contributed by atoms with van der Waals surface area (Å²) in [5.41, 5.74) is 2.43. The lowest BCUT2D eigenvalue weighted by Gasteiger charge is -2.34. The molecule has 4 rings (SSSR count). The van der Waals surface area contributed by atoms with Crippen LogP contribution >= 0.6 is 0 Å². The third kappa shape index (κ3) is 3.64. The molecule has 1 aliphatic rings. The minimum Gasteiger partial charge on any atom is -0.459 e. The molecule has 0 unspecified atom stereocenters. The van der Waals surface area contributed by atoms with Crippen molar-refractivity contribution < 1.29 is 9.21 Å². The molecular formula is C22H27N3O2. The van der Waals surface area contributed by atoms with Gasteiger partial charge < -0.3 is 9.32 Å². The average Bonchev–Trinajstić information content (AvgIpc) is 3.28. The van der Waals surface area contributed by atoms with Crippen molar-refractivity contribution in [1.29, 1.82) is 0 Å². The monoisotopic (exact) mass is 365 g/mol. The van der Waals surface area contributed by atoms with Gasteiger partial charge in [-0.05, 0) is 44.9 Å². The van der Waals surface area contributed by atoms with Crippen LogP contribution < -0.4 is 0 Å². The molecule has 1 aliphatic carbocycles. The summed E-state index contributed by atoms with van der Waals surface area (Å²) in [5, 5.41) is 5.55. The highest BCUT2D eigenvalue weighted by atomic mass is 16.3. The Hall–Kier alpha value is -2.56. The fourth-order valence-electron chi connectivity index (χ4n) is 4.15. The molecule has 2 aromatic heterocycles.